The van der Waals surface area contributed by atoms with Crippen LogP contribution in [0.1, 0.15) is 39.4 Å². The number of nitrogens with zero attached hydrogens (tertiary/aromatic N) is 2. The van der Waals surface area contributed by atoms with Gasteiger partial charge in [-0.25, -0.2) is 4.98 Å². The first-order valence-corrected chi connectivity index (χ1v) is 5.87. The first-order valence-electron chi connectivity index (χ1n) is 5.87. The Balaban J connectivity index is 2.53. The smallest absolute Gasteiger partial charge is 0.111 e. The largest absolute Gasteiger partial charge is 0.392 e. The standard InChI is InChI=1S/C12H22N2O/c1-4-6-10(3)11(15)9-12-13-7-8-14(12)5-2/h7-8,10-11,15H,4-6,9H2,1-3H3. The summed E-state index contributed by atoms with van der Waals surface area (Å²) >= 11 is 0. The van der Waals surface area contributed by atoms with Crippen molar-refractivity contribution in [1.29, 1.82) is 0 Å². The minimum atomic E-state index is -0.266. The fourth-order valence-electron chi connectivity index (χ4n) is 1.85. The molecule has 0 saturated heterocycles. The molecule has 3 nitrogen and oxygen atoms in total. The van der Waals surface area contributed by atoms with E-state index in [2.05, 4.69) is 30.3 Å². The van der Waals surface area contributed by atoms with E-state index in [9.17, 15) is 5.11 Å². The highest BCUT2D eigenvalue weighted by Crippen LogP contribution is 2.14. The number of aromatic nitrogens is 2. The summed E-state index contributed by atoms with van der Waals surface area (Å²) in [7, 11) is 0. The maximum atomic E-state index is 9.99. The van der Waals surface area contributed by atoms with Gasteiger partial charge in [-0.2, -0.15) is 0 Å². The van der Waals surface area contributed by atoms with Gasteiger partial charge in [-0.05, 0) is 19.3 Å². The predicted octanol–water partition coefficient (Wildman–Crippen LogP) is 2.24. The Morgan fingerprint density at radius 1 is 1.47 bits per heavy atom. The lowest BCUT2D eigenvalue weighted by atomic mass is 9.97. The van der Waals surface area contributed by atoms with Crippen molar-refractivity contribution in [2.24, 2.45) is 5.92 Å². The van der Waals surface area contributed by atoms with Gasteiger partial charge >= 0.3 is 0 Å². The van der Waals surface area contributed by atoms with E-state index < -0.39 is 0 Å². The molecule has 0 saturated carbocycles. The molecule has 0 radical (unpaired) electrons. The SMILES string of the molecule is CCCC(C)C(O)Cc1nccn1CC. The topological polar surface area (TPSA) is 38.1 Å². The average Bonchev–Trinajstić information content (AvgIpc) is 2.65. The molecule has 0 bridgehead atoms. The number of rotatable bonds is 6. The van der Waals surface area contributed by atoms with Crippen molar-refractivity contribution >= 4 is 0 Å². The first-order chi connectivity index (χ1) is 7.19. The van der Waals surface area contributed by atoms with Crippen molar-refractivity contribution in [3.05, 3.63) is 18.2 Å². The molecule has 1 aromatic rings. The van der Waals surface area contributed by atoms with E-state index in [4.69, 9.17) is 0 Å². The van der Waals surface area contributed by atoms with Gasteiger partial charge in [-0.3, -0.25) is 0 Å². The maximum absolute atomic E-state index is 9.99. The van der Waals surface area contributed by atoms with E-state index in [1.54, 1.807) is 6.20 Å². The molecule has 15 heavy (non-hydrogen) atoms. The molecular formula is C12H22N2O. The van der Waals surface area contributed by atoms with Gasteiger partial charge in [0.1, 0.15) is 5.82 Å². The normalized spacial score (nSPS) is 15.2. The molecule has 2 atom stereocenters. The molecule has 0 spiro atoms. The summed E-state index contributed by atoms with van der Waals surface area (Å²) < 4.78 is 2.09. The lowest BCUT2D eigenvalue weighted by Gasteiger charge is -2.18. The number of aliphatic hydroxyl groups excluding tert-OH is 1. The van der Waals surface area contributed by atoms with Gasteiger partial charge < -0.3 is 9.67 Å². The molecule has 0 fully saturated rings. The van der Waals surface area contributed by atoms with Gasteiger partial charge in [0.25, 0.3) is 0 Å². The van der Waals surface area contributed by atoms with Crippen LogP contribution in [0.2, 0.25) is 0 Å². The van der Waals surface area contributed by atoms with Gasteiger partial charge in [0.2, 0.25) is 0 Å². The third kappa shape index (κ3) is 3.34. The minimum absolute atomic E-state index is 0.266. The number of hydrogen-bond acceptors (Lipinski definition) is 2. The Morgan fingerprint density at radius 2 is 2.20 bits per heavy atom. The molecule has 0 amide bonds. The van der Waals surface area contributed by atoms with Crippen LogP contribution in [-0.2, 0) is 13.0 Å². The molecule has 0 aliphatic rings. The molecule has 0 aromatic carbocycles. The zero-order chi connectivity index (χ0) is 11.3. The molecule has 1 rings (SSSR count). The monoisotopic (exact) mass is 210 g/mol. The predicted molar refractivity (Wildman–Crippen MR) is 61.7 cm³/mol. The van der Waals surface area contributed by atoms with E-state index in [0.717, 1.165) is 25.2 Å². The van der Waals surface area contributed by atoms with Gasteiger partial charge in [-0.1, -0.05) is 20.3 Å². The van der Waals surface area contributed by atoms with Crippen molar-refractivity contribution in [3.63, 3.8) is 0 Å². The van der Waals surface area contributed by atoms with Crippen molar-refractivity contribution in [1.82, 2.24) is 9.55 Å². The summed E-state index contributed by atoms with van der Waals surface area (Å²) in [5.74, 6) is 1.35. The van der Waals surface area contributed by atoms with Crippen molar-refractivity contribution in [3.8, 4) is 0 Å². The number of hydrogen-bond donors (Lipinski definition) is 1. The number of aryl methyl sites for hydroxylation is 1. The second-order valence-electron chi connectivity index (χ2n) is 4.17. The van der Waals surface area contributed by atoms with Crippen molar-refractivity contribution in [2.75, 3.05) is 0 Å². The fourth-order valence-corrected chi connectivity index (χ4v) is 1.85. The Hall–Kier alpha value is -0.830. The lowest BCUT2D eigenvalue weighted by molar-refractivity contribution is 0.109. The van der Waals surface area contributed by atoms with Crippen LogP contribution in [0.15, 0.2) is 12.4 Å². The summed E-state index contributed by atoms with van der Waals surface area (Å²) in [4.78, 5) is 4.27. The minimum Gasteiger partial charge on any atom is -0.392 e. The second kappa shape index (κ2) is 5.91. The number of aliphatic hydroxyl groups is 1. The van der Waals surface area contributed by atoms with E-state index in [-0.39, 0.29) is 6.10 Å². The molecule has 86 valence electrons. The van der Waals surface area contributed by atoms with Crippen LogP contribution in [0.4, 0.5) is 0 Å². The molecule has 0 aliphatic carbocycles. The Bertz CT molecular complexity index is 283. The maximum Gasteiger partial charge on any atom is 0.111 e. The highest BCUT2D eigenvalue weighted by Gasteiger charge is 2.16. The Labute approximate surface area is 92.1 Å². The van der Waals surface area contributed by atoms with Crippen molar-refractivity contribution < 1.29 is 5.11 Å². The second-order valence-corrected chi connectivity index (χ2v) is 4.17. The van der Waals surface area contributed by atoms with Crippen LogP contribution in [-0.4, -0.2) is 20.8 Å². The highest BCUT2D eigenvalue weighted by molar-refractivity contribution is 4.94. The van der Waals surface area contributed by atoms with Gasteiger partial charge in [0, 0.05) is 25.4 Å². The van der Waals surface area contributed by atoms with E-state index in [1.165, 1.54) is 0 Å². The highest BCUT2D eigenvalue weighted by atomic mass is 16.3. The first kappa shape index (κ1) is 12.2. The van der Waals surface area contributed by atoms with Crippen LogP contribution in [0.25, 0.3) is 0 Å². The quantitative estimate of drug-likeness (QED) is 0.782. The summed E-state index contributed by atoms with van der Waals surface area (Å²) in [6.45, 7) is 7.26. The van der Waals surface area contributed by atoms with Crippen LogP contribution in [0.5, 0.6) is 0 Å². The van der Waals surface area contributed by atoms with Crippen LogP contribution >= 0.6 is 0 Å². The molecule has 1 aromatic heterocycles. The van der Waals surface area contributed by atoms with Gasteiger partial charge in [0.15, 0.2) is 0 Å². The van der Waals surface area contributed by atoms with Gasteiger partial charge in [0.05, 0.1) is 6.10 Å². The zero-order valence-corrected chi connectivity index (χ0v) is 9.98. The zero-order valence-electron chi connectivity index (χ0n) is 9.98. The molecule has 1 N–H and O–H groups in total. The van der Waals surface area contributed by atoms with Crippen LogP contribution < -0.4 is 0 Å². The Morgan fingerprint density at radius 3 is 2.80 bits per heavy atom. The molecule has 3 heteroatoms. The lowest BCUT2D eigenvalue weighted by Crippen LogP contribution is -2.22. The van der Waals surface area contributed by atoms with Gasteiger partial charge in [-0.15, -0.1) is 0 Å². The third-order valence-electron chi connectivity index (χ3n) is 2.93. The average molecular weight is 210 g/mol. The summed E-state index contributed by atoms with van der Waals surface area (Å²) in [5.41, 5.74) is 0. The fraction of sp³-hybridized carbons (Fsp3) is 0.750. The van der Waals surface area contributed by atoms with Crippen LogP contribution in [0.3, 0.4) is 0 Å². The molecule has 1 heterocycles. The molecule has 2 unspecified atom stereocenters. The summed E-state index contributed by atoms with van der Waals surface area (Å²) in [6, 6.07) is 0. The molecule has 0 aliphatic heterocycles. The third-order valence-corrected chi connectivity index (χ3v) is 2.93. The number of imidazole rings is 1. The summed E-state index contributed by atoms with van der Waals surface area (Å²) in [5, 5.41) is 9.99. The summed E-state index contributed by atoms with van der Waals surface area (Å²) in [6.07, 6.45) is 6.37. The molecular weight excluding hydrogens is 188 g/mol. The van der Waals surface area contributed by atoms with E-state index in [1.807, 2.05) is 6.20 Å². The van der Waals surface area contributed by atoms with Crippen molar-refractivity contribution in [2.45, 2.75) is 52.7 Å². The van der Waals surface area contributed by atoms with Crippen LogP contribution in [0, 0.1) is 5.92 Å². The van der Waals surface area contributed by atoms with E-state index >= 15 is 0 Å². The van der Waals surface area contributed by atoms with E-state index in [0.29, 0.717) is 12.3 Å². The Kier molecular flexibility index (Phi) is 4.82.